The maximum absolute atomic E-state index is 13.0. The molecule has 1 aromatic rings. The van der Waals surface area contributed by atoms with Crippen molar-refractivity contribution in [3.63, 3.8) is 0 Å². The van der Waals surface area contributed by atoms with E-state index in [4.69, 9.17) is 4.74 Å². The van der Waals surface area contributed by atoms with E-state index in [1.54, 1.807) is 45.0 Å². The summed E-state index contributed by atoms with van der Waals surface area (Å²) in [5, 5.41) is 0. The monoisotopic (exact) mass is 368 g/mol. The Morgan fingerprint density at radius 2 is 2.00 bits per heavy atom. The Morgan fingerprint density at radius 1 is 1.32 bits per heavy atom. The summed E-state index contributed by atoms with van der Waals surface area (Å²) in [4.78, 5) is 26.9. The van der Waals surface area contributed by atoms with E-state index >= 15 is 0 Å². The maximum atomic E-state index is 13.0. The van der Waals surface area contributed by atoms with Gasteiger partial charge in [0, 0.05) is 6.54 Å². The molecule has 7 nitrogen and oxygen atoms in total. The molecule has 25 heavy (non-hydrogen) atoms. The van der Waals surface area contributed by atoms with Gasteiger partial charge in [-0.3, -0.25) is 23.6 Å². The lowest BCUT2D eigenvalue weighted by Crippen LogP contribution is -2.46. The molecule has 2 aliphatic rings. The third kappa shape index (κ3) is 3.39. The van der Waals surface area contributed by atoms with E-state index in [-0.39, 0.29) is 17.3 Å². The van der Waals surface area contributed by atoms with Crippen LogP contribution in [-0.2, 0) is 14.3 Å². The van der Waals surface area contributed by atoms with E-state index in [0.29, 0.717) is 25.1 Å². The number of anilines is 1. The van der Waals surface area contributed by atoms with Crippen molar-refractivity contribution >= 4 is 28.3 Å². The molecule has 1 aromatic carbocycles. The lowest BCUT2D eigenvalue weighted by Gasteiger charge is -2.41. The average molecular weight is 368 g/mol. The summed E-state index contributed by atoms with van der Waals surface area (Å²) >= 11 is 0. The molecule has 1 amide bonds. The van der Waals surface area contributed by atoms with Crippen molar-refractivity contribution in [2.75, 3.05) is 18.0 Å². The van der Waals surface area contributed by atoms with Gasteiger partial charge in [0.05, 0.1) is 10.6 Å². The van der Waals surface area contributed by atoms with Gasteiger partial charge in [-0.1, -0.05) is 12.1 Å². The van der Waals surface area contributed by atoms with Crippen molar-refractivity contribution in [1.82, 2.24) is 4.31 Å². The number of rotatable bonds is 2. The first-order chi connectivity index (χ1) is 11.6. The van der Waals surface area contributed by atoms with E-state index < -0.39 is 28.4 Å². The molecule has 0 saturated carbocycles. The number of hydrogen-bond donors (Lipinski definition) is 2. The van der Waals surface area contributed by atoms with E-state index in [1.165, 1.54) is 9.21 Å². The summed E-state index contributed by atoms with van der Waals surface area (Å²) in [6, 6.07) is 5.99. The van der Waals surface area contributed by atoms with Crippen LogP contribution in [0.2, 0.25) is 0 Å². The molecule has 2 aliphatic heterocycles. The molecule has 0 aromatic heterocycles. The van der Waals surface area contributed by atoms with Gasteiger partial charge < -0.3 is 4.74 Å². The Hall–Kier alpha value is -1.61. The third-order valence-electron chi connectivity index (χ3n) is 4.24. The van der Waals surface area contributed by atoms with Gasteiger partial charge in [0.1, 0.15) is 18.2 Å². The van der Waals surface area contributed by atoms with Crippen LogP contribution in [0.3, 0.4) is 0 Å². The van der Waals surface area contributed by atoms with Crippen LogP contribution < -0.4 is 4.90 Å². The number of amides is 1. The van der Waals surface area contributed by atoms with Crippen LogP contribution >= 0.6 is 10.8 Å². The fourth-order valence-corrected chi connectivity index (χ4v) is 5.20. The van der Waals surface area contributed by atoms with Crippen molar-refractivity contribution < 1.29 is 23.4 Å². The quantitative estimate of drug-likeness (QED) is 0.780. The number of esters is 1. The summed E-state index contributed by atoms with van der Waals surface area (Å²) < 4.78 is 28.4. The van der Waals surface area contributed by atoms with Crippen molar-refractivity contribution in [3.8, 4) is 0 Å². The highest BCUT2D eigenvalue weighted by Crippen LogP contribution is 2.59. The molecule has 2 heterocycles. The van der Waals surface area contributed by atoms with Crippen LogP contribution in [0.1, 0.15) is 33.6 Å². The number of fused-ring (bicyclic) bond motifs is 2. The molecule has 0 radical (unpaired) electrons. The number of ether oxygens (including phenoxy) is 1. The van der Waals surface area contributed by atoms with E-state index in [9.17, 15) is 18.7 Å². The minimum absolute atomic E-state index is 0.257. The number of para-hydroxylation sites is 1. The number of nitrogens with zero attached hydrogens (tertiary/aromatic N) is 2. The van der Waals surface area contributed by atoms with E-state index in [2.05, 4.69) is 0 Å². The maximum Gasteiger partial charge on any atom is 0.326 e. The standard InChI is InChI=1S/C17H24N2O5S/c1-17(2,3)24-15(20)11-18-12-7-4-5-9-14(12)25(22,23)19-10-6-8-13(19)16(18)21/h4-5,7,9,13,22-23H,6,8,10-11H2,1-3H3/t13-/m0/s1. The highest BCUT2D eigenvalue weighted by atomic mass is 32.3. The Kier molecular flexibility index (Phi) is 4.57. The number of carbonyl (C=O) groups excluding carboxylic acids is 2. The molecule has 8 heteroatoms. The normalized spacial score (nSPS) is 24.3. The molecule has 0 spiro atoms. The van der Waals surface area contributed by atoms with E-state index in [0.717, 1.165) is 0 Å². The van der Waals surface area contributed by atoms with Crippen molar-refractivity contribution in [2.45, 2.75) is 50.2 Å². The smallest absolute Gasteiger partial charge is 0.326 e. The molecular formula is C17H24N2O5S. The zero-order valence-corrected chi connectivity index (χ0v) is 15.5. The fourth-order valence-electron chi connectivity index (χ4n) is 3.29. The highest BCUT2D eigenvalue weighted by molar-refractivity contribution is 8.22. The van der Waals surface area contributed by atoms with Crippen molar-refractivity contribution in [2.24, 2.45) is 0 Å². The summed E-state index contributed by atoms with van der Waals surface area (Å²) in [5.74, 6) is -0.827. The van der Waals surface area contributed by atoms with Crippen LogP contribution in [0, 0.1) is 0 Å². The zero-order valence-electron chi connectivity index (χ0n) is 14.6. The van der Waals surface area contributed by atoms with Crippen LogP contribution in [0.5, 0.6) is 0 Å². The van der Waals surface area contributed by atoms with Crippen LogP contribution in [-0.4, -0.2) is 50.0 Å². The predicted octanol–water partition coefficient (Wildman–Crippen LogP) is 2.86. The first-order valence-corrected chi connectivity index (χ1v) is 9.79. The fraction of sp³-hybridized carbons (Fsp3) is 0.529. The van der Waals surface area contributed by atoms with Gasteiger partial charge in [0.25, 0.3) is 0 Å². The summed E-state index contributed by atoms with van der Waals surface area (Å²) in [6.45, 7) is 5.47. The Morgan fingerprint density at radius 3 is 2.68 bits per heavy atom. The average Bonchev–Trinajstić information content (AvgIpc) is 2.98. The lowest BCUT2D eigenvalue weighted by atomic mass is 10.1. The van der Waals surface area contributed by atoms with Crippen molar-refractivity contribution in [1.29, 1.82) is 0 Å². The summed E-state index contributed by atoms with van der Waals surface area (Å²) in [7, 11) is -3.27. The second-order valence-corrected chi connectivity index (χ2v) is 9.24. The van der Waals surface area contributed by atoms with Gasteiger partial charge in [-0.25, -0.2) is 0 Å². The Labute approximate surface area is 149 Å². The molecule has 2 N–H and O–H groups in total. The van der Waals surface area contributed by atoms with Crippen LogP contribution in [0.25, 0.3) is 0 Å². The highest BCUT2D eigenvalue weighted by Gasteiger charge is 2.46. The number of benzene rings is 1. The molecular weight excluding hydrogens is 344 g/mol. The predicted molar refractivity (Wildman–Crippen MR) is 95.5 cm³/mol. The molecule has 1 atom stereocenters. The third-order valence-corrected chi connectivity index (χ3v) is 6.27. The molecule has 1 saturated heterocycles. The van der Waals surface area contributed by atoms with Gasteiger partial charge in [-0.2, -0.15) is 4.31 Å². The molecule has 0 unspecified atom stereocenters. The molecule has 3 rings (SSSR count). The second-order valence-electron chi connectivity index (χ2n) is 7.30. The molecule has 0 aliphatic carbocycles. The topological polar surface area (TPSA) is 90.3 Å². The summed E-state index contributed by atoms with van der Waals surface area (Å²) in [5.41, 5.74) is -0.304. The first-order valence-electron chi connectivity index (χ1n) is 8.28. The minimum Gasteiger partial charge on any atom is -0.459 e. The van der Waals surface area contributed by atoms with Crippen LogP contribution in [0.15, 0.2) is 29.2 Å². The minimum atomic E-state index is -3.27. The molecule has 1 fully saturated rings. The van der Waals surface area contributed by atoms with Gasteiger partial charge in [0.15, 0.2) is 0 Å². The second kappa shape index (κ2) is 6.28. The molecule has 138 valence electrons. The van der Waals surface area contributed by atoms with Crippen molar-refractivity contribution in [3.05, 3.63) is 24.3 Å². The van der Waals surface area contributed by atoms with Gasteiger partial charge in [-0.05, 0) is 45.7 Å². The number of hydrogen-bond acceptors (Lipinski definition) is 6. The van der Waals surface area contributed by atoms with Crippen LogP contribution in [0.4, 0.5) is 5.69 Å². The number of carbonyl (C=O) groups is 2. The van der Waals surface area contributed by atoms with Gasteiger partial charge >= 0.3 is 5.97 Å². The van der Waals surface area contributed by atoms with E-state index in [1.807, 2.05) is 0 Å². The molecule has 0 bridgehead atoms. The summed E-state index contributed by atoms with van der Waals surface area (Å²) in [6.07, 6.45) is 1.24. The Bertz CT molecular complexity index is 701. The Balaban J connectivity index is 2.01. The zero-order chi connectivity index (χ0) is 18.4. The first kappa shape index (κ1) is 18.2. The van der Waals surface area contributed by atoms with Gasteiger partial charge in [-0.15, -0.1) is 10.8 Å². The van der Waals surface area contributed by atoms with Gasteiger partial charge in [0.2, 0.25) is 5.91 Å². The lowest BCUT2D eigenvalue weighted by molar-refractivity contribution is -0.153. The SMILES string of the molecule is CC(C)(C)OC(=O)CN1C(=O)[C@@H]2CCCN2S(O)(O)c2ccccc21. The largest absolute Gasteiger partial charge is 0.459 e.